The zero-order valence-electron chi connectivity index (χ0n) is 20.5. The Balaban J connectivity index is 1.61. The number of nitrogens with one attached hydrogen (secondary N) is 1. The first kappa shape index (κ1) is 26.7. The van der Waals surface area contributed by atoms with Gasteiger partial charge in [-0.2, -0.15) is 18.3 Å². The fraction of sp³-hybridized carbons (Fsp3) is 0.538. The lowest BCUT2D eigenvalue weighted by atomic mass is 10.0. The summed E-state index contributed by atoms with van der Waals surface area (Å²) >= 11 is 0. The van der Waals surface area contributed by atoms with E-state index < -0.39 is 36.1 Å². The molecule has 0 bridgehead atoms. The molecule has 4 rings (SSSR count). The summed E-state index contributed by atoms with van der Waals surface area (Å²) in [5.41, 5.74) is -0.823. The molecule has 1 atom stereocenters. The molecule has 1 aliphatic carbocycles. The third kappa shape index (κ3) is 6.50. The van der Waals surface area contributed by atoms with Gasteiger partial charge in [-0.3, -0.25) is 19.1 Å². The number of halogens is 3. The Morgan fingerprint density at radius 1 is 1.03 bits per heavy atom. The fourth-order valence-electron chi connectivity index (χ4n) is 5.21. The fourth-order valence-corrected chi connectivity index (χ4v) is 5.21. The molecule has 2 aromatic rings. The number of carbonyl (C=O) groups excluding carboxylic acids is 2. The molecule has 1 saturated carbocycles. The van der Waals surface area contributed by atoms with E-state index in [9.17, 15) is 32.7 Å². The Morgan fingerprint density at radius 2 is 1.70 bits per heavy atom. The molecule has 1 aliphatic heterocycles. The largest absolute Gasteiger partial charge is 0.481 e. The van der Waals surface area contributed by atoms with Gasteiger partial charge in [-0.15, -0.1) is 0 Å². The van der Waals surface area contributed by atoms with Crippen molar-refractivity contribution in [2.24, 2.45) is 0 Å². The Labute approximate surface area is 212 Å². The Kier molecular flexibility index (Phi) is 8.19. The topological polar surface area (TPSA) is 105 Å². The molecule has 8 nitrogen and oxygen atoms in total. The Hall–Kier alpha value is -3.37. The highest BCUT2D eigenvalue weighted by Crippen LogP contribution is 2.40. The predicted octanol–water partition coefficient (Wildman–Crippen LogP) is 4.66. The highest BCUT2D eigenvalue weighted by molar-refractivity contribution is 5.94. The number of hydrogen-bond acceptors (Lipinski definition) is 4. The number of carboxylic acids is 1. The van der Waals surface area contributed by atoms with E-state index in [0.29, 0.717) is 13.1 Å². The Morgan fingerprint density at radius 3 is 2.35 bits per heavy atom. The number of benzene rings is 1. The minimum Gasteiger partial charge on any atom is -0.481 e. The van der Waals surface area contributed by atoms with Crippen LogP contribution in [0.3, 0.4) is 0 Å². The van der Waals surface area contributed by atoms with Gasteiger partial charge < -0.3 is 15.3 Å². The summed E-state index contributed by atoms with van der Waals surface area (Å²) in [5, 5.41) is 16.3. The van der Waals surface area contributed by atoms with Gasteiger partial charge in [-0.05, 0) is 44.2 Å². The van der Waals surface area contributed by atoms with Crippen LogP contribution in [0.2, 0.25) is 0 Å². The van der Waals surface area contributed by atoms with Crippen molar-refractivity contribution in [3.8, 4) is 11.3 Å². The molecule has 1 aromatic heterocycles. The number of nitrogens with zero attached hydrogens (tertiary/aromatic N) is 3. The van der Waals surface area contributed by atoms with E-state index in [4.69, 9.17) is 0 Å². The van der Waals surface area contributed by atoms with Gasteiger partial charge in [0.25, 0.3) is 5.91 Å². The number of aromatic nitrogens is 2. The third-order valence-corrected chi connectivity index (χ3v) is 7.03. The second kappa shape index (κ2) is 11.4. The van der Waals surface area contributed by atoms with Gasteiger partial charge in [0.2, 0.25) is 5.91 Å². The number of carboxylic acid groups (broad SMARTS) is 1. The molecule has 1 saturated heterocycles. The third-order valence-electron chi connectivity index (χ3n) is 7.03. The van der Waals surface area contributed by atoms with Crippen LogP contribution in [0.1, 0.15) is 79.9 Å². The maximum Gasteiger partial charge on any atom is 0.417 e. The number of carbonyl (C=O) groups is 3. The number of aliphatic carboxylic acids is 1. The highest BCUT2D eigenvalue weighted by atomic mass is 19.4. The number of rotatable bonds is 8. The van der Waals surface area contributed by atoms with Crippen molar-refractivity contribution in [1.29, 1.82) is 0 Å². The zero-order chi connectivity index (χ0) is 26.6. The van der Waals surface area contributed by atoms with Gasteiger partial charge in [0, 0.05) is 31.1 Å². The molecular weight excluding hydrogens is 489 g/mol. The lowest BCUT2D eigenvalue weighted by Crippen LogP contribution is -2.43. The van der Waals surface area contributed by atoms with Crippen molar-refractivity contribution >= 4 is 17.8 Å². The first-order chi connectivity index (χ1) is 17.6. The average Bonchev–Trinajstić information content (AvgIpc) is 3.54. The van der Waals surface area contributed by atoms with Crippen molar-refractivity contribution in [2.45, 2.75) is 76.0 Å². The van der Waals surface area contributed by atoms with Gasteiger partial charge >= 0.3 is 12.1 Å². The van der Waals surface area contributed by atoms with Gasteiger partial charge in [0.15, 0.2) is 5.69 Å². The molecule has 2 amide bonds. The molecule has 11 heteroatoms. The zero-order valence-corrected chi connectivity index (χ0v) is 20.5. The molecule has 0 spiro atoms. The predicted molar refractivity (Wildman–Crippen MR) is 129 cm³/mol. The summed E-state index contributed by atoms with van der Waals surface area (Å²) in [4.78, 5) is 39.0. The Bertz CT molecular complexity index is 1140. The number of hydrogen-bond donors (Lipinski definition) is 2. The number of alkyl halides is 3. The summed E-state index contributed by atoms with van der Waals surface area (Å²) in [7, 11) is 0. The first-order valence-electron chi connectivity index (χ1n) is 12.7. The second-order valence-corrected chi connectivity index (χ2v) is 9.75. The van der Waals surface area contributed by atoms with Crippen molar-refractivity contribution in [2.75, 3.05) is 13.1 Å². The van der Waals surface area contributed by atoms with Crippen LogP contribution in [0.15, 0.2) is 30.3 Å². The quantitative estimate of drug-likeness (QED) is 0.527. The van der Waals surface area contributed by atoms with E-state index in [1.54, 1.807) is 4.90 Å². The van der Waals surface area contributed by atoms with E-state index in [2.05, 4.69) is 10.4 Å². The van der Waals surface area contributed by atoms with E-state index >= 15 is 0 Å². The smallest absolute Gasteiger partial charge is 0.417 e. The summed E-state index contributed by atoms with van der Waals surface area (Å²) in [6.07, 6.45) is 0.839. The summed E-state index contributed by atoms with van der Waals surface area (Å²) in [5.74, 6) is -2.13. The molecular formula is C26H31F3N4O4. The van der Waals surface area contributed by atoms with Crippen LogP contribution in [-0.2, 0) is 15.8 Å². The minimum absolute atomic E-state index is 0.0733. The molecule has 0 radical (unpaired) electrons. The van der Waals surface area contributed by atoms with Crippen LogP contribution in [0.5, 0.6) is 0 Å². The molecule has 2 N–H and O–H groups in total. The summed E-state index contributed by atoms with van der Waals surface area (Å²) in [6, 6.07) is 5.38. The molecule has 200 valence electrons. The molecule has 2 aliphatic rings. The standard InChI is InChI=1S/C26H31F3N4O4/c27-26(28,29)20-11-5-4-10-19(20)22-16-21(31-33(22)18-8-2-3-9-18)25(37)30-17(15-24(35)36)14-23(34)32-12-6-1-7-13-32/h4-5,10-11,16-18H,1-3,6-9,12-15H2,(H,30,37)(H,35,36)/t17-/m0/s1. The summed E-state index contributed by atoms with van der Waals surface area (Å²) in [6.45, 7) is 1.20. The van der Waals surface area contributed by atoms with E-state index in [-0.39, 0.29) is 35.3 Å². The average molecular weight is 521 g/mol. The molecule has 2 fully saturated rings. The molecule has 1 aromatic carbocycles. The monoisotopic (exact) mass is 520 g/mol. The van der Waals surface area contributed by atoms with Crippen molar-refractivity contribution in [3.05, 3.63) is 41.6 Å². The van der Waals surface area contributed by atoms with Gasteiger partial charge in [-0.25, -0.2) is 0 Å². The van der Waals surface area contributed by atoms with Crippen LogP contribution in [0.4, 0.5) is 13.2 Å². The van der Waals surface area contributed by atoms with Gasteiger partial charge in [0.1, 0.15) is 0 Å². The van der Waals surface area contributed by atoms with Crippen LogP contribution in [-0.4, -0.2) is 56.7 Å². The van der Waals surface area contributed by atoms with Gasteiger partial charge in [-0.1, -0.05) is 31.0 Å². The lowest BCUT2D eigenvalue weighted by Gasteiger charge is -2.28. The summed E-state index contributed by atoms with van der Waals surface area (Å²) < 4.78 is 42.8. The SMILES string of the molecule is O=C(O)C[C@H](CC(=O)N1CCCCC1)NC(=O)c1cc(-c2ccccc2C(F)(F)F)n(C2CCCC2)n1. The van der Waals surface area contributed by atoms with Crippen LogP contribution in [0, 0.1) is 0 Å². The molecule has 2 heterocycles. The minimum atomic E-state index is -4.59. The first-order valence-corrected chi connectivity index (χ1v) is 12.7. The normalized spacial score (nSPS) is 17.5. The van der Waals surface area contributed by atoms with Gasteiger partial charge in [0.05, 0.1) is 23.7 Å². The maximum atomic E-state index is 13.8. The van der Waals surface area contributed by atoms with Crippen LogP contribution >= 0.6 is 0 Å². The van der Waals surface area contributed by atoms with E-state index in [1.165, 1.54) is 28.9 Å². The van der Waals surface area contributed by atoms with Crippen molar-refractivity contribution < 1.29 is 32.7 Å². The maximum absolute atomic E-state index is 13.8. The van der Waals surface area contributed by atoms with Crippen molar-refractivity contribution in [1.82, 2.24) is 20.0 Å². The molecule has 37 heavy (non-hydrogen) atoms. The van der Waals surface area contributed by atoms with E-state index in [0.717, 1.165) is 51.0 Å². The van der Waals surface area contributed by atoms with E-state index in [1.807, 2.05) is 0 Å². The second-order valence-electron chi connectivity index (χ2n) is 9.75. The number of likely N-dealkylation sites (tertiary alicyclic amines) is 1. The highest BCUT2D eigenvalue weighted by Gasteiger charge is 2.35. The number of piperidine rings is 1. The lowest BCUT2D eigenvalue weighted by molar-refractivity contribution is -0.138. The van der Waals surface area contributed by atoms with Crippen LogP contribution in [0.25, 0.3) is 11.3 Å². The number of amides is 2. The van der Waals surface area contributed by atoms with Crippen LogP contribution < -0.4 is 5.32 Å². The molecule has 0 unspecified atom stereocenters. The van der Waals surface area contributed by atoms with Crippen molar-refractivity contribution in [3.63, 3.8) is 0 Å².